The first-order chi connectivity index (χ1) is 12.1. The van der Waals surface area contributed by atoms with Crippen molar-refractivity contribution in [1.29, 1.82) is 0 Å². The van der Waals surface area contributed by atoms with Crippen LogP contribution >= 0.6 is 11.3 Å². The Hall–Kier alpha value is -3.20. The van der Waals surface area contributed by atoms with Crippen molar-refractivity contribution >= 4 is 28.0 Å². The van der Waals surface area contributed by atoms with Crippen LogP contribution in [-0.2, 0) is 0 Å². The van der Waals surface area contributed by atoms with E-state index in [1.165, 1.54) is 23.9 Å². The van der Waals surface area contributed by atoms with E-state index in [2.05, 4.69) is 25.5 Å². The maximum Gasteiger partial charge on any atom is 0.261 e. The van der Waals surface area contributed by atoms with Crippen LogP contribution in [0.3, 0.4) is 0 Å². The first-order valence-corrected chi connectivity index (χ1v) is 8.17. The minimum absolute atomic E-state index is 0.270. The largest absolute Gasteiger partial charge is 0.298 e. The standard InChI is InChI=1S/C16H11FN6OS/c1-9-7-25-16(20-9)21-15(24)12-5-10(6-23-8-19-22-14(12)23)11-3-2-4-18-13(11)17/h2-8H,1H3,(H,20,21,24). The summed E-state index contributed by atoms with van der Waals surface area (Å²) < 4.78 is 15.6. The van der Waals surface area contributed by atoms with E-state index >= 15 is 0 Å². The number of hydrogen-bond donors (Lipinski definition) is 1. The fourth-order valence-electron chi connectivity index (χ4n) is 2.43. The van der Waals surface area contributed by atoms with Gasteiger partial charge in [-0.05, 0) is 25.1 Å². The van der Waals surface area contributed by atoms with E-state index in [1.54, 1.807) is 28.8 Å². The van der Waals surface area contributed by atoms with Crippen LogP contribution in [0.25, 0.3) is 16.8 Å². The number of carbonyl (C=O) groups is 1. The van der Waals surface area contributed by atoms with Crippen LogP contribution in [0.15, 0.2) is 42.3 Å². The lowest BCUT2D eigenvalue weighted by Gasteiger charge is -2.08. The predicted molar refractivity (Wildman–Crippen MR) is 91.0 cm³/mol. The molecule has 0 saturated carbocycles. The first kappa shape index (κ1) is 15.3. The van der Waals surface area contributed by atoms with Gasteiger partial charge in [-0.15, -0.1) is 21.5 Å². The summed E-state index contributed by atoms with van der Waals surface area (Å²) in [5, 5.41) is 12.8. The highest BCUT2D eigenvalue weighted by Gasteiger charge is 2.17. The Morgan fingerprint density at radius 2 is 2.28 bits per heavy atom. The highest BCUT2D eigenvalue weighted by atomic mass is 32.1. The van der Waals surface area contributed by atoms with Crippen LogP contribution in [-0.4, -0.2) is 30.5 Å². The van der Waals surface area contributed by atoms with Crippen molar-refractivity contribution < 1.29 is 9.18 Å². The zero-order chi connectivity index (χ0) is 17.4. The van der Waals surface area contributed by atoms with E-state index < -0.39 is 11.9 Å². The van der Waals surface area contributed by atoms with Crippen molar-refractivity contribution in [3.8, 4) is 11.1 Å². The zero-order valence-electron chi connectivity index (χ0n) is 13.0. The molecule has 7 nitrogen and oxygen atoms in total. The molecule has 124 valence electrons. The molecule has 0 aliphatic rings. The number of aromatic nitrogens is 5. The molecule has 0 aromatic carbocycles. The smallest absolute Gasteiger partial charge is 0.261 e. The lowest BCUT2D eigenvalue weighted by Crippen LogP contribution is -2.13. The molecule has 0 radical (unpaired) electrons. The zero-order valence-corrected chi connectivity index (χ0v) is 13.8. The maximum absolute atomic E-state index is 14.0. The number of nitrogens with one attached hydrogen (secondary N) is 1. The molecule has 0 saturated heterocycles. The SMILES string of the molecule is Cc1csc(NC(=O)c2cc(-c3cccnc3F)cn3cnnc23)n1. The Bertz CT molecular complexity index is 1090. The van der Waals surface area contributed by atoms with Gasteiger partial charge in [0, 0.05) is 28.9 Å². The lowest BCUT2D eigenvalue weighted by molar-refractivity contribution is 0.102. The number of hydrogen-bond acceptors (Lipinski definition) is 6. The minimum Gasteiger partial charge on any atom is -0.298 e. The Morgan fingerprint density at radius 1 is 1.40 bits per heavy atom. The van der Waals surface area contributed by atoms with Gasteiger partial charge in [-0.3, -0.25) is 14.5 Å². The number of halogens is 1. The molecule has 1 N–H and O–H groups in total. The fourth-order valence-corrected chi connectivity index (χ4v) is 3.11. The lowest BCUT2D eigenvalue weighted by atomic mass is 10.1. The molecule has 25 heavy (non-hydrogen) atoms. The minimum atomic E-state index is -0.614. The third kappa shape index (κ3) is 2.85. The van der Waals surface area contributed by atoms with Crippen LogP contribution in [0.4, 0.5) is 9.52 Å². The molecule has 0 bridgehead atoms. The summed E-state index contributed by atoms with van der Waals surface area (Å²) in [5.41, 5.74) is 2.25. The van der Waals surface area contributed by atoms with Gasteiger partial charge in [0.1, 0.15) is 6.33 Å². The van der Waals surface area contributed by atoms with Crippen LogP contribution in [0.5, 0.6) is 0 Å². The summed E-state index contributed by atoms with van der Waals surface area (Å²) in [6.07, 6.45) is 4.48. The molecule has 0 unspecified atom stereocenters. The van der Waals surface area contributed by atoms with Crippen molar-refractivity contribution in [2.24, 2.45) is 0 Å². The van der Waals surface area contributed by atoms with Gasteiger partial charge in [-0.2, -0.15) is 4.39 Å². The van der Waals surface area contributed by atoms with E-state index in [0.717, 1.165) is 5.69 Å². The summed E-state index contributed by atoms with van der Waals surface area (Å²) in [6.45, 7) is 1.84. The van der Waals surface area contributed by atoms with Gasteiger partial charge in [0.25, 0.3) is 5.91 Å². The summed E-state index contributed by atoms with van der Waals surface area (Å²) in [6, 6.07) is 4.80. The number of nitrogens with zero attached hydrogens (tertiary/aromatic N) is 5. The number of thiazole rings is 1. The number of rotatable bonds is 3. The monoisotopic (exact) mass is 354 g/mol. The van der Waals surface area contributed by atoms with E-state index in [4.69, 9.17) is 0 Å². The molecule has 4 rings (SSSR count). The number of aryl methyl sites for hydroxylation is 1. The molecule has 4 heterocycles. The van der Waals surface area contributed by atoms with Gasteiger partial charge in [0.05, 0.1) is 11.3 Å². The number of anilines is 1. The fraction of sp³-hybridized carbons (Fsp3) is 0.0625. The molecule has 0 atom stereocenters. The summed E-state index contributed by atoms with van der Waals surface area (Å²) >= 11 is 1.33. The van der Waals surface area contributed by atoms with Crippen molar-refractivity contribution in [3.05, 3.63) is 59.5 Å². The first-order valence-electron chi connectivity index (χ1n) is 7.29. The molecule has 0 aliphatic carbocycles. The molecule has 4 aromatic heterocycles. The molecule has 4 aromatic rings. The topological polar surface area (TPSA) is 85.1 Å². The summed E-state index contributed by atoms with van der Waals surface area (Å²) in [7, 11) is 0. The molecular formula is C16H11FN6OS. The number of amides is 1. The maximum atomic E-state index is 14.0. The number of carbonyl (C=O) groups excluding carboxylic acids is 1. The number of pyridine rings is 2. The average molecular weight is 354 g/mol. The molecule has 0 aliphatic heterocycles. The van der Waals surface area contributed by atoms with E-state index in [-0.39, 0.29) is 11.1 Å². The summed E-state index contributed by atoms with van der Waals surface area (Å²) in [4.78, 5) is 20.5. The van der Waals surface area contributed by atoms with E-state index in [9.17, 15) is 9.18 Å². The second kappa shape index (κ2) is 6.02. The van der Waals surface area contributed by atoms with Crippen molar-refractivity contribution in [2.45, 2.75) is 6.92 Å². The van der Waals surface area contributed by atoms with Gasteiger partial charge >= 0.3 is 0 Å². The Morgan fingerprint density at radius 3 is 3.04 bits per heavy atom. The third-order valence-corrected chi connectivity index (χ3v) is 4.42. The van der Waals surface area contributed by atoms with Gasteiger partial charge in [0.15, 0.2) is 10.8 Å². The average Bonchev–Trinajstić information content (AvgIpc) is 3.23. The van der Waals surface area contributed by atoms with Crippen LogP contribution in [0.1, 0.15) is 16.1 Å². The van der Waals surface area contributed by atoms with Crippen molar-refractivity contribution in [2.75, 3.05) is 5.32 Å². The highest BCUT2D eigenvalue weighted by Crippen LogP contribution is 2.25. The third-order valence-electron chi connectivity index (χ3n) is 3.55. The molecule has 1 amide bonds. The van der Waals surface area contributed by atoms with Crippen LogP contribution in [0, 0.1) is 12.9 Å². The van der Waals surface area contributed by atoms with E-state index in [1.807, 2.05) is 12.3 Å². The van der Waals surface area contributed by atoms with Crippen molar-refractivity contribution in [3.63, 3.8) is 0 Å². The molecular weight excluding hydrogens is 343 g/mol. The van der Waals surface area contributed by atoms with Gasteiger partial charge in [0.2, 0.25) is 5.95 Å². The van der Waals surface area contributed by atoms with Crippen molar-refractivity contribution in [1.82, 2.24) is 24.6 Å². The highest BCUT2D eigenvalue weighted by molar-refractivity contribution is 7.13. The van der Waals surface area contributed by atoms with Gasteiger partial charge in [-0.25, -0.2) is 9.97 Å². The Labute approximate surface area is 145 Å². The van der Waals surface area contributed by atoms with Crippen LogP contribution in [0.2, 0.25) is 0 Å². The Kier molecular flexibility index (Phi) is 3.69. The van der Waals surface area contributed by atoms with E-state index in [0.29, 0.717) is 16.3 Å². The van der Waals surface area contributed by atoms with Crippen LogP contribution < -0.4 is 5.32 Å². The second-order valence-corrected chi connectivity index (χ2v) is 6.15. The molecule has 0 spiro atoms. The Balaban J connectivity index is 1.81. The van der Waals surface area contributed by atoms with Gasteiger partial charge in [-0.1, -0.05) is 0 Å². The predicted octanol–water partition coefficient (Wildman–Crippen LogP) is 2.95. The molecule has 0 fully saturated rings. The quantitative estimate of drug-likeness (QED) is 0.572. The normalized spacial score (nSPS) is 11.0. The summed E-state index contributed by atoms with van der Waals surface area (Å²) in [5.74, 6) is -1.00. The molecule has 9 heteroatoms. The van der Waals surface area contributed by atoms with Gasteiger partial charge < -0.3 is 0 Å². The second-order valence-electron chi connectivity index (χ2n) is 5.29. The number of fused-ring (bicyclic) bond motifs is 1.